The van der Waals surface area contributed by atoms with Crippen LogP contribution in [0.4, 0.5) is 0 Å². The van der Waals surface area contributed by atoms with Gasteiger partial charge in [-0.05, 0) is 12.8 Å². The maximum Gasteiger partial charge on any atom is 0.220 e. The van der Waals surface area contributed by atoms with Crippen LogP contribution in [-0.2, 0) is 4.79 Å². The van der Waals surface area contributed by atoms with Gasteiger partial charge in [-0.15, -0.1) is 0 Å². The summed E-state index contributed by atoms with van der Waals surface area (Å²) in [6.07, 6.45) is 1.31. The van der Waals surface area contributed by atoms with Gasteiger partial charge in [0.15, 0.2) is 0 Å². The van der Waals surface area contributed by atoms with E-state index in [-0.39, 0.29) is 32.3 Å². The number of hydrogen-bond acceptors (Lipinski definition) is 6. The van der Waals surface area contributed by atoms with Gasteiger partial charge in [-0.2, -0.15) is 0 Å². The second-order valence-corrected chi connectivity index (χ2v) is 3.27. The van der Waals surface area contributed by atoms with E-state index in [1.54, 1.807) is 0 Å². The zero-order valence-electron chi connectivity index (χ0n) is 9.88. The molecule has 1 rings (SSSR count). The summed E-state index contributed by atoms with van der Waals surface area (Å²) in [5, 5.41) is 42.5. The lowest BCUT2D eigenvalue weighted by atomic mass is 10.4. The van der Waals surface area contributed by atoms with Crippen molar-refractivity contribution in [1.82, 2.24) is 5.32 Å². The van der Waals surface area contributed by atoms with Gasteiger partial charge in [0, 0.05) is 26.2 Å². The molecule has 0 radical (unpaired) electrons. The summed E-state index contributed by atoms with van der Waals surface area (Å²) >= 11 is 0. The van der Waals surface area contributed by atoms with E-state index in [9.17, 15) is 4.79 Å². The topological polar surface area (TPSA) is 130 Å². The normalized spacial score (nSPS) is 13.4. The second kappa shape index (κ2) is 15.3. The Morgan fingerprint density at radius 1 is 1.12 bits per heavy atom. The Labute approximate surface area is 101 Å². The van der Waals surface area contributed by atoms with Crippen LogP contribution in [-0.4, -0.2) is 70.5 Å². The van der Waals surface area contributed by atoms with Crippen LogP contribution < -0.4 is 5.32 Å². The zero-order chi connectivity index (χ0) is 13.5. The highest BCUT2D eigenvalue weighted by Crippen LogP contribution is 1.93. The molecule has 1 saturated heterocycles. The highest BCUT2D eigenvalue weighted by Gasteiger charge is 2.05. The molecule has 7 nitrogen and oxygen atoms in total. The monoisotopic (exact) mass is 253 g/mol. The molecule has 0 aromatic heterocycles. The van der Waals surface area contributed by atoms with Gasteiger partial charge in [0.25, 0.3) is 0 Å². The van der Waals surface area contributed by atoms with E-state index >= 15 is 0 Å². The van der Waals surface area contributed by atoms with Crippen LogP contribution in [0.25, 0.3) is 0 Å². The maximum atomic E-state index is 10.1. The van der Waals surface area contributed by atoms with Gasteiger partial charge in [0.1, 0.15) is 6.10 Å². The fraction of sp³-hybridized carbons (Fsp3) is 0.900. The molecule has 0 bridgehead atoms. The van der Waals surface area contributed by atoms with Crippen LogP contribution in [0.5, 0.6) is 0 Å². The molecule has 0 aromatic rings. The Morgan fingerprint density at radius 3 is 1.71 bits per heavy atom. The molecule has 1 fully saturated rings. The number of hydrogen-bond donors (Lipinski definition) is 6. The van der Waals surface area contributed by atoms with Crippen molar-refractivity contribution >= 4 is 5.91 Å². The smallest absolute Gasteiger partial charge is 0.220 e. The van der Waals surface area contributed by atoms with Gasteiger partial charge in [0.2, 0.25) is 5.91 Å². The first kappa shape index (κ1) is 18.6. The highest BCUT2D eigenvalue weighted by molar-refractivity contribution is 5.77. The first-order valence-electron chi connectivity index (χ1n) is 5.50. The molecule has 104 valence electrons. The largest absolute Gasteiger partial charge is 0.396 e. The summed E-state index contributed by atoms with van der Waals surface area (Å²) in [6, 6.07) is 0. The zero-order valence-corrected chi connectivity index (χ0v) is 9.88. The molecule has 0 spiro atoms. The van der Waals surface area contributed by atoms with Crippen molar-refractivity contribution in [3.63, 3.8) is 0 Å². The lowest BCUT2D eigenvalue weighted by molar-refractivity contribution is -0.119. The first-order chi connectivity index (χ1) is 8.12. The molecule has 0 unspecified atom stereocenters. The average molecular weight is 253 g/mol. The Balaban J connectivity index is 0. The van der Waals surface area contributed by atoms with Gasteiger partial charge in [-0.1, -0.05) is 0 Å². The molecule has 0 aromatic carbocycles. The minimum Gasteiger partial charge on any atom is -0.396 e. The van der Waals surface area contributed by atoms with Crippen molar-refractivity contribution in [3.8, 4) is 0 Å². The molecule has 1 heterocycles. The molecule has 1 aliphatic heterocycles. The fourth-order valence-corrected chi connectivity index (χ4v) is 0.694. The van der Waals surface area contributed by atoms with E-state index in [2.05, 4.69) is 5.32 Å². The van der Waals surface area contributed by atoms with Crippen molar-refractivity contribution in [3.05, 3.63) is 0 Å². The van der Waals surface area contributed by atoms with Crippen molar-refractivity contribution in [2.24, 2.45) is 0 Å². The second-order valence-electron chi connectivity index (χ2n) is 3.27. The molecule has 7 heteroatoms. The summed E-state index contributed by atoms with van der Waals surface area (Å²) in [4.78, 5) is 10.1. The van der Waals surface area contributed by atoms with Gasteiger partial charge in [-0.3, -0.25) is 4.79 Å². The van der Waals surface area contributed by atoms with Gasteiger partial charge >= 0.3 is 0 Å². The number of aliphatic hydroxyl groups is 5. The quantitative estimate of drug-likeness (QED) is 0.331. The number of rotatable bonds is 4. The van der Waals surface area contributed by atoms with E-state index in [1.807, 2.05) is 0 Å². The molecule has 1 aliphatic rings. The van der Waals surface area contributed by atoms with Crippen LogP contribution in [0.1, 0.15) is 19.3 Å². The van der Waals surface area contributed by atoms with E-state index in [1.165, 1.54) is 0 Å². The van der Waals surface area contributed by atoms with Gasteiger partial charge < -0.3 is 30.8 Å². The van der Waals surface area contributed by atoms with Gasteiger partial charge in [0.05, 0.1) is 13.2 Å². The van der Waals surface area contributed by atoms with Gasteiger partial charge in [-0.25, -0.2) is 0 Å². The SMILES string of the molecule is O=C1CCCN1.OCC(O)CO.OCCCO. The summed E-state index contributed by atoms with van der Waals surface area (Å²) in [5.41, 5.74) is 0. The molecule has 1 amide bonds. The number of nitrogens with one attached hydrogen (secondary N) is 1. The summed E-state index contributed by atoms with van der Waals surface area (Å²) in [5.74, 6) is 0.204. The number of carbonyl (C=O) groups excluding carboxylic acids is 1. The Morgan fingerprint density at radius 2 is 1.65 bits per heavy atom. The lowest BCUT2D eigenvalue weighted by Gasteiger charge is -1.96. The number of amides is 1. The van der Waals surface area contributed by atoms with Crippen molar-refractivity contribution in [2.75, 3.05) is 33.0 Å². The number of aliphatic hydroxyl groups excluding tert-OH is 5. The van der Waals surface area contributed by atoms with E-state index < -0.39 is 6.10 Å². The summed E-state index contributed by atoms with van der Waals surface area (Å²) < 4.78 is 0. The first-order valence-corrected chi connectivity index (χ1v) is 5.50. The van der Waals surface area contributed by atoms with Crippen LogP contribution in [0.3, 0.4) is 0 Å². The summed E-state index contributed by atoms with van der Waals surface area (Å²) in [6.45, 7) is 0.346. The van der Waals surface area contributed by atoms with Crippen molar-refractivity contribution in [1.29, 1.82) is 0 Å². The van der Waals surface area contributed by atoms with Crippen molar-refractivity contribution in [2.45, 2.75) is 25.4 Å². The van der Waals surface area contributed by atoms with Crippen LogP contribution in [0, 0.1) is 0 Å². The van der Waals surface area contributed by atoms with Crippen LogP contribution in [0.2, 0.25) is 0 Å². The minimum atomic E-state index is -0.954. The molecular weight excluding hydrogens is 230 g/mol. The third-order valence-electron chi connectivity index (χ3n) is 1.64. The predicted octanol–water partition coefficient (Wildman–Crippen LogP) is -2.41. The van der Waals surface area contributed by atoms with Crippen molar-refractivity contribution < 1.29 is 30.3 Å². The maximum absolute atomic E-state index is 10.1. The third kappa shape index (κ3) is 17.9. The highest BCUT2D eigenvalue weighted by atomic mass is 16.3. The fourth-order valence-electron chi connectivity index (χ4n) is 0.694. The van der Waals surface area contributed by atoms with Crippen LogP contribution in [0.15, 0.2) is 0 Å². The molecule has 0 aliphatic carbocycles. The predicted molar refractivity (Wildman–Crippen MR) is 61.2 cm³/mol. The van der Waals surface area contributed by atoms with E-state index in [4.69, 9.17) is 25.5 Å². The third-order valence-corrected chi connectivity index (χ3v) is 1.64. The molecule has 0 saturated carbocycles. The van der Waals surface area contributed by atoms with E-state index in [0.717, 1.165) is 19.4 Å². The summed E-state index contributed by atoms with van der Waals surface area (Å²) in [7, 11) is 0. The van der Waals surface area contributed by atoms with Crippen LogP contribution >= 0.6 is 0 Å². The standard InChI is InChI=1S/C4H7NO.C3H8O3.C3H8O2/c6-4-2-1-3-5-4;4-1-3(6)2-5;4-2-1-3-5/h1-3H2,(H,5,6);3-6H,1-2H2;4-5H,1-3H2. The molecule has 17 heavy (non-hydrogen) atoms. The molecular formula is C10H23NO6. The Kier molecular flexibility index (Phi) is 16.7. The average Bonchev–Trinajstić information content (AvgIpc) is 2.82. The van der Waals surface area contributed by atoms with E-state index in [0.29, 0.717) is 6.42 Å². The Bertz CT molecular complexity index is 153. The lowest BCUT2D eigenvalue weighted by Crippen LogP contribution is -2.15. The minimum absolute atomic E-state index is 0.0938. The number of carbonyl (C=O) groups is 1. The molecule has 0 atom stereocenters. The Hall–Kier alpha value is -0.730. The molecule has 6 N–H and O–H groups in total.